The van der Waals surface area contributed by atoms with Gasteiger partial charge in [-0.05, 0) is 24.3 Å². The Kier molecular flexibility index (Phi) is 3.87. The number of aliphatic carboxylic acids is 1. The highest BCUT2D eigenvalue weighted by Gasteiger charge is 2.08. The van der Waals surface area contributed by atoms with E-state index in [-0.39, 0.29) is 18.9 Å². The summed E-state index contributed by atoms with van der Waals surface area (Å²) in [6, 6.07) is 6.57. The number of nitrogens with zero attached hydrogens (tertiary/aromatic N) is 2. The van der Waals surface area contributed by atoms with Crippen LogP contribution in [-0.4, -0.2) is 33.7 Å². The number of carbonyl (C=O) groups is 2. The van der Waals surface area contributed by atoms with Crippen LogP contribution in [0.25, 0.3) is 11.5 Å². The molecule has 0 saturated carbocycles. The lowest BCUT2D eigenvalue weighted by Crippen LogP contribution is -2.25. The van der Waals surface area contributed by atoms with Crippen molar-refractivity contribution in [2.45, 2.75) is 6.42 Å². The van der Waals surface area contributed by atoms with E-state index in [1.54, 1.807) is 24.3 Å². The van der Waals surface area contributed by atoms with Crippen molar-refractivity contribution in [1.82, 2.24) is 15.5 Å². The van der Waals surface area contributed by atoms with Crippen LogP contribution >= 0.6 is 0 Å². The minimum atomic E-state index is -0.952. The Morgan fingerprint density at radius 2 is 2.00 bits per heavy atom. The minimum Gasteiger partial charge on any atom is -0.481 e. The predicted molar refractivity (Wildman–Crippen MR) is 64.3 cm³/mol. The van der Waals surface area contributed by atoms with Crippen LogP contribution in [0.15, 0.2) is 35.1 Å². The fraction of sp³-hybridized carbons (Fsp3) is 0.167. The second-order valence-corrected chi connectivity index (χ2v) is 3.72. The van der Waals surface area contributed by atoms with Crippen molar-refractivity contribution < 1.29 is 19.1 Å². The molecule has 2 aromatic rings. The third-order valence-corrected chi connectivity index (χ3v) is 2.38. The molecule has 1 amide bonds. The van der Waals surface area contributed by atoms with Crippen molar-refractivity contribution in [1.29, 1.82) is 0 Å². The molecule has 19 heavy (non-hydrogen) atoms. The number of hydrogen-bond donors (Lipinski definition) is 2. The fourth-order valence-electron chi connectivity index (χ4n) is 1.45. The minimum absolute atomic E-state index is 0.0968. The van der Waals surface area contributed by atoms with Crippen LogP contribution in [-0.2, 0) is 4.79 Å². The highest BCUT2D eigenvalue weighted by atomic mass is 16.4. The molecule has 2 rings (SSSR count). The molecule has 1 aromatic heterocycles. The first-order chi connectivity index (χ1) is 9.16. The molecular formula is C12H11N3O4. The van der Waals surface area contributed by atoms with Gasteiger partial charge in [-0.15, -0.1) is 10.2 Å². The maximum absolute atomic E-state index is 11.7. The monoisotopic (exact) mass is 261 g/mol. The van der Waals surface area contributed by atoms with Gasteiger partial charge in [0, 0.05) is 17.7 Å². The molecule has 0 bridgehead atoms. The summed E-state index contributed by atoms with van der Waals surface area (Å²) in [7, 11) is 0. The summed E-state index contributed by atoms with van der Waals surface area (Å²) in [4.78, 5) is 22.0. The molecule has 0 aliphatic rings. The smallest absolute Gasteiger partial charge is 0.305 e. The van der Waals surface area contributed by atoms with Gasteiger partial charge in [0.05, 0.1) is 6.42 Å². The molecule has 0 radical (unpaired) electrons. The van der Waals surface area contributed by atoms with E-state index in [1.807, 2.05) is 0 Å². The fourth-order valence-corrected chi connectivity index (χ4v) is 1.45. The molecule has 0 atom stereocenters. The number of carboxylic acid groups (broad SMARTS) is 1. The summed E-state index contributed by atoms with van der Waals surface area (Å²) >= 11 is 0. The van der Waals surface area contributed by atoms with Crippen LogP contribution in [0.2, 0.25) is 0 Å². The molecule has 1 aromatic carbocycles. The van der Waals surface area contributed by atoms with Crippen molar-refractivity contribution in [2.75, 3.05) is 6.54 Å². The third-order valence-electron chi connectivity index (χ3n) is 2.38. The third kappa shape index (κ3) is 3.38. The zero-order chi connectivity index (χ0) is 13.7. The number of aromatic nitrogens is 2. The Bertz CT molecular complexity index is 563. The molecular weight excluding hydrogens is 250 g/mol. The number of benzene rings is 1. The van der Waals surface area contributed by atoms with Crippen LogP contribution in [0.1, 0.15) is 16.8 Å². The Morgan fingerprint density at radius 1 is 1.26 bits per heavy atom. The van der Waals surface area contributed by atoms with E-state index in [4.69, 9.17) is 9.52 Å². The van der Waals surface area contributed by atoms with E-state index in [0.29, 0.717) is 17.0 Å². The summed E-state index contributed by atoms with van der Waals surface area (Å²) in [5, 5.41) is 18.3. The Balaban J connectivity index is 1.98. The van der Waals surface area contributed by atoms with E-state index >= 15 is 0 Å². The van der Waals surface area contributed by atoms with Gasteiger partial charge >= 0.3 is 5.97 Å². The van der Waals surface area contributed by atoms with Crippen molar-refractivity contribution in [3.8, 4) is 11.5 Å². The van der Waals surface area contributed by atoms with Crippen molar-refractivity contribution in [2.24, 2.45) is 0 Å². The van der Waals surface area contributed by atoms with Crippen LogP contribution in [0.4, 0.5) is 0 Å². The SMILES string of the molecule is O=C(O)CCNC(=O)c1ccc(-c2nnco2)cc1. The first-order valence-corrected chi connectivity index (χ1v) is 5.53. The van der Waals surface area contributed by atoms with Gasteiger partial charge in [0.1, 0.15) is 0 Å². The van der Waals surface area contributed by atoms with Crippen LogP contribution in [0.5, 0.6) is 0 Å². The highest BCUT2D eigenvalue weighted by Crippen LogP contribution is 2.16. The predicted octanol–water partition coefficient (Wildman–Crippen LogP) is 0.941. The number of hydrogen-bond acceptors (Lipinski definition) is 5. The number of carbonyl (C=O) groups excluding carboxylic acids is 1. The molecule has 0 aliphatic carbocycles. The standard InChI is InChI=1S/C12H11N3O4/c16-10(17)5-6-13-11(18)8-1-3-9(4-2-8)12-15-14-7-19-12/h1-4,7H,5-6H2,(H,13,18)(H,16,17). The van der Waals surface area contributed by atoms with E-state index < -0.39 is 5.97 Å². The number of carboxylic acids is 1. The lowest BCUT2D eigenvalue weighted by atomic mass is 10.1. The van der Waals surface area contributed by atoms with E-state index in [1.165, 1.54) is 6.39 Å². The first kappa shape index (κ1) is 12.7. The molecule has 7 heteroatoms. The molecule has 0 saturated heterocycles. The van der Waals surface area contributed by atoms with Crippen LogP contribution < -0.4 is 5.32 Å². The lowest BCUT2D eigenvalue weighted by Gasteiger charge is -2.03. The number of amides is 1. The summed E-state index contributed by atoms with van der Waals surface area (Å²) in [6.45, 7) is 0.0968. The summed E-state index contributed by atoms with van der Waals surface area (Å²) in [5.74, 6) is -0.900. The normalized spacial score (nSPS) is 10.1. The molecule has 2 N–H and O–H groups in total. The quantitative estimate of drug-likeness (QED) is 0.829. The first-order valence-electron chi connectivity index (χ1n) is 5.53. The Labute approximate surface area is 108 Å². The Morgan fingerprint density at radius 3 is 2.58 bits per heavy atom. The molecule has 0 spiro atoms. The van der Waals surface area contributed by atoms with E-state index in [2.05, 4.69) is 15.5 Å². The van der Waals surface area contributed by atoms with Gasteiger partial charge in [-0.2, -0.15) is 0 Å². The van der Waals surface area contributed by atoms with Crippen LogP contribution in [0, 0.1) is 0 Å². The largest absolute Gasteiger partial charge is 0.481 e. The second-order valence-electron chi connectivity index (χ2n) is 3.72. The van der Waals surface area contributed by atoms with Gasteiger partial charge in [-0.25, -0.2) is 0 Å². The number of nitrogens with one attached hydrogen (secondary N) is 1. The maximum Gasteiger partial charge on any atom is 0.305 e. The van der Waals surface area contributed by atoms with Gasteiger partial charge in [0.15, 0.2) is 0 Å². The molecule has 0 unspecified atom stereocenters. The summed E-state index contributed by atoms with van der Waals surface area (Å²) in [5.41, 5.74) is 1.15. The summed E-state index contributed by atoms with van der Waals surface area (Å²) < 4.78 is 5.02. The zero-order valence-electron chi connectivity index (χ0n) is 9.87. The average molecular weight is 261 g/mol. The van der Waals surface area contributed by atoms with E-state index in [9.17, 15) is 9.59 Å². The molecule has 7 nitrogen and oxygen atoms in total. The second kappa shape index (κ2) is 5.76. The maximum atomic E-state index is 11.7. The van der Waals surface area contributed by atoms with Gasteiger partial charge in [0.25, 0.3) is 5.91 Å². The topological polar surface area (TPSA) is 105 Å². The molecule has 0 aliphatic heterocycles. The molecule has 1 heterocycles. The Hall–Kier alpha value is -2.70. The number of rotatable bonds is 5. The van der Waals surface area contributed by atoms with Crippen molar-refractivity contribution in [3.05, 3.63) is 36.2 Å². The van der Waals surface area contributed by atoms with Gasteiger partial charge < -0.3 is 14.8 Å². The molecule has 0 fully saturated rings. The van der Waals surface area contributed by atoms with E-state index in [0.717, 1.165) is 0 Å². The van der Waals surface area contributed by atoms with Crippen molar-refractivity contribution >= 4 is 11.9 Å². The zero-order valence-corrected chi connectivity index (χ0v) is 9.87. The van der Waals surface area contributed by atoms with Gasteiger partial charge in [0.2, 0.25) is 12.3 Å². The average Bonchev–Trinajstić information content (AvgIpc) is 2.92. The molecule has 98 valence electrons. The van der Waals surface area contributed by atoms with Crippen molar-refractivity contribution in [3.63, 3.8) is 0 Å². The highest BCUT2D eigenvalue weighted by molar-refractivity contribution is 5.94. The summed E-state index contributed by atoms with van der Waals surface area (Å²) in [6.07, 6.45) is 1.12. The lowest BCUT2D eigenvalue weighted by molar-refractivity contribution is -0.136. The van der Waals surface area contributed by atoms with Gasteiger partial charge in [-0.3, -0.25) is 9.59 Å². The van der Waals surface area contributed by atoms with Gasteiger partial charge in [-0.1, -0.05) is 0 Å². The van der Waals surface area contributed by atoms with Crippen LogP contribution in [0.3, 0.4) is 0 Å².